The van der Waals surface area contributed by atoms with Crippen LogP contribution < -0.4 is 16.0 Å². The predicted molar refractivity (Wildman–Crippen MR) is 81.3 cm³/mol. The summed E-state index contributed by atoms with van der Waals surface area (Å²) in [4.78, 5) is 36.3. The van der Waals surface area contributed by atoms with Gasteiger partial charge in [0, 0.05) is 12.1 Å². The molecule has 1 saturated heterocycles. The van der Waals surface area contributed by atoms with Crippen LogP contribution in [-0.2, 0) is 11.3 Å². The fraction of sp³-hybridized carbons (Fsp3) is 0.400. The van der Waals surface area contributed by atoms with Crippen LogP contribution in [0.15, 0.2) is 24.3 Å². The van der Waals surface area contributed by atoms with Gasteiger partial charge in [-0.25, -0.2) is 4.79 Å². The van der Waals surface area contributed by atoms with Gasteiger partial charge in [-0.1, -0.05) is 12.1 Å². The lowest BCUT2D eigenvalue weighted by Gasteiger charge is -2.13. The molecule has 1 aliphatic rings. The van der Waals surface area contributed by atoms with E-state index in [9.17, 15) is 14.4 Å². The highest BCUT2D eigenvalue weighted by Gasteiger charge is 2.28. The number of nitrogens with zero attached hydrogens (tertiary/aromatic N) is 1. The fourth-order valence-corrected chi connectivity index (χ4v) is 2.18. The molecule has 0 aromatic heterocycles. The molecule has 118 valence electrons. The van der Waals surface area contributed by atoms with Crippen LogP contribution in [0.3, 0.4) is 0 Å². The van der Waals surface area contributed by atoms with Crippen molar-refractivity contribution in [1.29, 1.82) is 0 Å². The summed E-state index contributed by atoms with van der Waals surface area (Å²) in [7, 11) is 1.86. The van der Waals surface area contributed by atoms with Gasteiger partial charge in [-0.05, 0) is 37.7 Å². The summed E-state index contributed by atoms with van der Waals surface area (Å²) in [6, 6.07) is 6.55. The normalized spacial score (nSPS) is 14.1. The van der Waals surface area contributed by atoms with Crippen molar-refractivity contribution in [3.05, 3.63) is 35.4 Å². The smallest absolute Gasteiger partial charge is 0.324 e. The molecule has 7 heteroatoms. The Hall–Kier alpha value is -2.41. The molecule has 4 amide bonds. The van der Waals surface area contributed by atoms with Gasteiger partial charge in [0.2, 0.25) is 5.91 Å². The second-order valence-corrected chi connectivity index (χ2v) is 5.05. The summed E-state index contributed by atoms with van der Waals surface area (Å²) in [5.74, 6) is -0.415. The van der Waals surface area contributed by atoms with Crippen LogP contribution in [0.4, 0.5) is 4.79 Å². The largest absolute Gasteiger partial charge is 0.352 e. The van der Waals surface area contributed by atoms with E-state index in [0.717, 1.165) is 23.4 Å². The van der Waals surface area contributed by atoms with Gasteiger partial charge in [0.05, 0.1) is 13.1 Å². The van der Waals surface area contributed by atoms with E-state index in [-0.39, 0.29) is 24.9 Å². The molecule has 7 nitrogen and oxygen atoms in total. The third-order valence-electron chi connectivity index (χ3n) is 3.36. The van der Waals surface area contributed by atoms with E-state index in [1.165, 1.54) is 0 Å². The first kappa shape index (κ1) is 16.0. The first-order valence-corrected chi connectivity index (χ1v) is 7.21. The quantitative estimate of drug-likeness (QED) is 0.491. The highest BCUT2D eigenvalue weighted by molar-refractivity contribution is 6.02. The van der Waals surface area contributed by atoms with E-state index in [1.54, 1.807) is 24.3 Å². The molecule has 1 fully saturated rings. The third-order valence-corrected chi connectivity index (χ3v) is 3.36. The van der Waals surface area contributed by atoms with Gasteiger partial charge in [0.25, 0.3) is 5.91 Å². The molecule has 2 rings (SSSR count). The number of carbonyl (C=O) groups excluding carboxylic acids is 3. The zero-order valence-corrected chi connectivity index (χ0v) is 12.5. The number of urea groups is 1. The van der Waals surface area contributed by atoms with Gasteiger partial charge in [-0.15, -0.1) is 0 Å². The summed E-state index contributed by atoms with van der Waals surface area (Å²) < 4.78 is 0. The maximum Gasteiger partial charge on any atom is 0.324 e. The molecule has 0 atom stereocenters. The van der Waals surface area contributed by atoms with E-state index in [0.29, 0.717) is 12.1 Å². The molecule has 0 radical (unpaired) electrons. The maximum atomic E-state index is 12.0. The number of carbonyl (C=O) groups is 3. The first-order chi connectivity index (χ1) is 10.6. The molecular formula is C15H20N4O3. The maximum absolute atomic E-state index is 12.0. The molecule has 1 aliphatic heterocycles. The number of hydrogen-bond acceptors (Lipinski definition) is 4. The van der Waals surface area contributed by atoms with Gasteiger partial charge in [0.15, 0.2) is 0 Å². The van der Waals surface area contributed by atoms with Crippen molar-refractivity contribution in [2.24, 2.45) is 0 Å². The lowest BCUT2D eigenvalue weighted by Crippen LogP contribution is -2.30. The van der Waals surface area contributed by atoms with E-state index in [2.05, 4.69) is 16.0 Å². The molecule has 1 aromatic carbocycles. The fourth-order valence-electron chi connectivity index (χ4n) is 2.18. The SMILES string of the molecule is CNCCCNC(=O)c1cccc(CN2C(=O)CNC2=O)c1. The van der Waals surface area contributed by atoms with Gasteiger partial charge < -0.3 is 16.0 Å². The Labute approximate surface area is 129 Å². The first-order valence-electron chi connectivity index (χ1n) is 7.21. The molecule has 1 aromatic rings. The minimum atomic E-state index is -0.396. The van der Waals surface area contributed by atoms with Crippen molar-refractivity contribution in [1.82, 2.24) is 20.9 Å². The van der Waals surface area contributed by atoms with Gasteiger partial charge in [-0.2, -0.15) is 0 Å². The van der Waals surface area contributed by atoms with Crippen molar-refractivity contribution in [2.75, 3.05) is 26.7 Å². The second-order valence-electron chi connectivity index (χ2n) is 5.05. The number of amides is 4. The lowest BCUT2D eigenvalue weighted by atomic mass is 10.1. The Bertz CT molecular complexity index is 558. The van der Waals surface area contributed by atoms with Crippen LogP contribution in [0.1, 0.15) is 22.3 Å². The van der Waals surface area contributed by atoms with Crippen LogP contribution in [-0.4, -0.2) is 49.4 Å². The number of hydrogen-bond donors (Lipinski definition) is 3. The Kier molecular flexibility index (Phi) is 5.48. The minimum absolute atomic E-state index is 0.0322. The average molecular weight is 304 g/mol. The van der Waals surface area contributed by atoms with E-state index < -0.39 is 6.03 Å². The number of nitrogens with one attached hydrogen (secondary N) is 3. The number of benzene rings is 1. The predicted octanol–water partition coefficient (Wildman–Crippen LogP) is 0.0777. The Morgan fingerprint density at radius 2 is 2.14 bits per heavy atom. The highest BCUT2D eigenvalue weighted by atomic mass is 16.2. The van der Waals surface area contributed by atoms with Crippen LogP contribution >= 0.6 is 0 Å². The molecule has 0 saturated carbocycles. The summed E-state index contributed by atoms with van der Waals surface area (Å²) in [6.07, 6.45) is 0.852. The van der Waals surface area contributed by atoms with Crippen molar-refractivity contribution in [3.8, 4) is 0 Å². The second kappa shape index (κ2) is 7.56. The van der Waals surface area contributed by atoms with Crippen molar-refractivity contribution in [3.63, 3.8) is 0 Å². The Morgan fingerprint density at radius 1 is 1.32 bits per heavy atom. The molecular weight excluding hydrogens is 284 g/mol. The molecule has 0 spiro atoms. The monoisotopic (exact) mass is 304 g/mol. The van der Waals surface area contributed by atoms with Gasteiger partial charge in [0.1, 0.15) is 0 Å². The van der Waals surface area contributed by atoms with Crippen LogP contribution in [0, 0.1) is 0 Å². The molecule has 0 unspecified atom stereocenters. The van der Waals surface area contributed by atoms with E-state index >= 15 is 0 Å². The topological polar surface area (TPSA) is 90.5 Å². The summed E-state index contributed by atoms with van der Waals surface area (Å²) in [5, 5.41) is 8.31. The lowest BCUT2D eigenvalue weighted by molar-refractivity contribution is -0.125. The average Bonchev–Trinajstić information content (AvgIpc) is 2.83. The van der Waals surface area contributed by atoms with E-state index in [1.807, 2.05) is 7.05 Å². The van der Waals surface area contributed by atoms with Crippen molar-refractivity contribution in [2.45, 2.75) is 13.0 Å². The molecule has 22 heavy (non-hydrogen) atoms. The Morgan fingerprint density at radius 3 is 2.82 bits per heavy atom. The minimum Gasteiger partial charge on any atom is -0.352 e. The molecule has 0 bridgehead atoms. The summed E-state index contributed by atoms with van der Waals surface area (Å²) in [5.41, 5.74) is 1.27. The highest BCUT2D eigenvalue weighted by Crippen LogP contribution is 2.11. The molecule has 1 heterocycles. The number of imide groups is 1. The molecule has 3 N–H and O–H groups in total. The van der Waals surface area contributed by atoms with Crippen LogP contribution in [0.5, 0.6) is 0 Å². The van der Waals surface area contributed by atoms with Crippen LogP contribution in [0.2, 0.25) is 0 Å². The summed E-state index contributed by atoms with van der Waals surface area (Å²) >= 11 is 0. The zero-order valence-electron chi connectivity index (χ0n) is 12.5. The Balaban J connectivity index is 1.96. The van der Waals surface area contributed by atoms with Crippen molar-refractivity contribution >= 4 is 17.8 Å². The number of rotatable bonds is 7. The summed E-state index contributed by atoms with van der Waals surface area (Å²) in [6.45, 7) is 1.64. The third kappa shape index (κ3) is 4.05. The van der Waals surface area contributed by atoms with Gasteiger partial charge in [-0.3, -0.25) is 14.5 Å². The zero-order chi connectivity index (χ0) is 15.9. The van der Waals surface area contributed by atoms with Crippen LogP contribution in [0.25, 0.3) is 0 Å². The van der Waals surface area contributed by atoms with Crippen molar-refractivity contribution < 1.29 is 14.4 Å². The van der Waals surface area contributed by atoms with Gasteiger partial charge >= 0.3 is 6.03 Å². The molecule has 0 aliphatic carbocycles. The van der Waals surface area contributed by atoms with E-state index in [4.69, 9.17) is 0 Å². The standard InChI is InChI=1S/C15H20N4O3/c1-16-6-3-7-17-14(21)12-5-2-4-11(8-12)10-19-13(20)9-18-15(19)22/h2,4-5,8,16H,3,6-7,9-10H2,1H3,(H,17,21)(H,18,22).